The van der Waals surface area contributed by atoms with Crippen molar-refractivity contribution in [2.75, 3.05) is 24.7 Å². The Balaban J connectivity index is 2.46. The summed E-state index contributed by atoms with van der Waals surface area (Å²) in [5, 5.41) is 23.5. The van der Waals surface area contributed by atoms with Crippen LogP contribution in [0.15, 0.2) is 27.8 Å². The number of halogens is 1. The molecule has 146 valence electrons. The molecule has 0 unspecified atom stereocenters. The Labute approximate surface area is 172 Å². The van der Waals surface area contributed by atoms with Gasteiger partial charge in [0.15, 0.2) is 5.16 Å². The Morgan fingerprint density at radius 1 is 1.43 bits per heavy atom. The number of nitrogens with one attached hydrogen (secondary N) is 1. The van der Waals surface area contributed by atoms with E-state index >= 15 is 0 Å². The van der Waals surface area contributed by atoms with E-state index in [9.17, 15) is 14.9 Å². The molecule has 0 bridgehead atoms. The highest BCUT2D eigenvalue weighted by atomic mass is 79.9. The van der Waals surface area contributed by atoms with E-state index in [2.05, 4.69) is 31.2 Å². The number of ether oxygens (including phenoxy) is 2. The fourth-order valence-corrected chi connectivity index (χ4v) is 2.86. The van der Waals surface area contributed by atoms with Crippen molar-refractivity contribution < 1.29 is 19.2 Å². The van der Waals surface area contributed by atoms with Gasteiger partial charge in [0, 0.05) is 4.47 Å². The van der Waals surface area contributed by atoms with Crippen LogP contribution in [0.1, 0.15) is 12.5 Å². The highest BCUT2D eigenvalue weighted by Crippen LogP contribution is 2.37. The van der Waals surface area contributed by atoms with Crippen LogP contribution in [0.2, 0.25) is 0 Å². The molecule has 2 aromatic rings. The maximum absolute atomic E-state index is 11.6. The third-order valence-corrected chi connectivity index (χ3v) is 4.12. The topological polar surface area (TPSA) is 140 Å². The Hall–Kier alpha value is -2.91. The lowest BCUT2D eigenvalue weighted by Gasteiger charge is -2.11. The highest BCUT2D eigenvalue weighted by Gasteiger charge is 2.27. The number of nitrogens with zero attached hydrogens (tertiary/aromatic N) is 4. The van der Waals surface area contributed by atoms with Crippen LogP contribution in [-0.2, 0) is 9.53 Å². The first kappa shape index (κ1) is 21.4. The number of thioether (sulfide) groups is 1. The summed E-state index contributed by atoms with van der Waals surface area (Å²) in [6.07, 6.45) is 1.69. The molecule has 1 aromatic heterocycles. The SMILES string of the molecule is CCOC(=O)CNc1nc(SC)nc(Oc2cc(Br)cc(C#N)c2)c1[N+](=O)[O-]. The molecule has 0 spiro atoms. The van der Waals surface area contributed by atoms with Crippen molar-refractivity contribution >= 4 is 45.2 Å². The summed E-state index contributed by atoms with van der Waals surface area (Å²) in [5.74, 6) is -0.911. The van der Waals surface area contributed by atoms with Crippen LogP contribution in [0.5, 0.6) is 11.6 Å². The highest BCUT2D eigenvalue weighted by molar-refractivity contribution is 9.10. The first-order chi connectivity index (χ1) is 13.4. The number of aromatic nitrogens is 2. The van der Waals surface area contributed by atoms with Crippen LogP contribution >= 0.6 is 27.7 Å². The van der Waals surface area contributed by atoms with Gasteiger partial charge in [0.1, 0.15) is 12.3 Å². The monoisotopic (exact) mass is 467 g/mol. The van der Waals surface area contributed by atoms with E-state index in [1.165, 1.54) is 12.1 Å². The molecule has 12 heteroatoms. The van der Waals surface area contributed by atoms with Gasteiger partial charge < -0.3 is 14.8 Å². The number of carbonyl (C=O) groups is 1. The van der Waals surface area contributed by atoms with Crippen molar-refractivity contribution in [3.8, 4) is 17.7 Å². The predicted molar refractivity (Wildman–Crippen MR) is 105 cm³/mol. The second-order valence-corrected chi connectivity index (χ2v) is 6.71. The zero-order chi connectivity index (χ0) is 20.7. The number of benzene rings is 1. The van der Waals surface area contributed by atoms with Crippen molar-refractivity contribution in [1.82, 2.24) is 9.97 Å². The van der Waals surface area contributed by atoms with E-state index in [1.807, 2.05) is 6.07 Å². The largest absolute Gasteiger partial charge is 0.465 e. The maximum atomic E-state index is 11.6. The second-order valence-electron chi connectivity index (χ2n) is 5.02. The molecule has 0 atom stereocenters. The molecule has 0 radical (unpaired) electrons. The molecule has 0 aliphatic rings. The van der Waals surface area contributed by atoms with Gasteiger partial charge in [-0.1, -0.05) is 27.7 Å². The van der Waals surface area contributed by atoms with E-state index in [0.717, 1.165) is 11.8 Å². The quantitative estimate of drug-likeness (QED) is 0.201. The van der Waals surface area contributed by atoms with Crippen molar-refractivity contribution in [3.63, 3.8) is 0 Å². The molecule has 1 heterocycles. The summed E-state index contributed by atoms with van der Waals surface area (Å²) in [6.45, 7) is 1.52. The lowest BCUT2D eigenvalue weighted by molar-refractivity contribution is -0.385. The smallest absolute Gasteiger partial charge is 0.373 e. The molecule has 0 fully saturated rings. The van der Waals surface area contributed by atoms with Gasteiger partial charge in [0.25, 0.3) is 0 Å². The molecule has 0 aliphatic carbocycles. The molecule has 0 saturated heterocycles. The summed E-state index contributed by atoms with van der Waals surface area (Å²) >= 11 is 4.39. The minimum Gasteiger partial charge on any atom is -0.465 e. The summed E-state index contributed by atoms with van der Waals surface area (Å²) in [6, 6.07) is 6.49. The average molecular weight is 468 g/mol. The van der Waals surface area contributed by atoms with Gasteiger partial charge >= 0.3 is 17.5 Å². The predicted octanol–water partition coefficient (Wildman–Crippen LogP) is 3.51. The van der Waals surface area contributed by atoms with Crippen LogP contribution < -0.4 is 10.1 Å². The van der Waals surface area contributed by atoms with E-state index < -0.39 is 16.6 Å². The van der Waals surface area contributed by atoms with Crippen LogP contribution in [0.3, 0.4) is 0 Å². The summed E-state index contributed by atoms with van der Waals surface area (Å²) in [7, 11) is 0. The number of hydrogen-bond donors (Lipinski definition) is 1. The third-order valence-electron chi connectivity index (χ3n) is 3.12. The van der Waals surface area contributed by atoms with Crippen molar-refractivity contribution in [1.29, 1.82) is 5.26 Å². The minimum absolute atomic E-state index is 0.177. The van der Waals surface area contributed by atoms with Gasteiger partial charge in [-0.3, -0.25) is 14.9 Å². The fraction of sp³-hybridized carbons (Fsp3) is 0.250. The molecule has 0 saturated carbocycles. The minimum atomic E-state index is -0.712. The van der Waals surface area contributed by atoms with Gasteiger partial charge in [-0.05, 0) is 31.4 Å². The van der Waals surface area contributed by atoms with E-state index in [0.29, 0.717) is 10.0 Å². The van der Waals surface area contributed by atoms with Crippen LogP contribution in [0, 0.1) is 21.4 Å². The third kappa shape index (κ3) is 5.54. The first-order valence-electron chi connectivity index (χ1n) is 7.76. The van der Waals surface area contributed by atoms with E-state index in [4.69, 9.17) is 14.7 Å². The van der Waals surface area contributed by atoms with Crippen LogP contribution in [-0.4, -0.2) is 40.3 Å². The lowest BCUT2D eigenvalue weighted by atomic mass is 10.2. The Kier molecular flexibility index (Phi) is 7.53. The average Bonchev–Trinajstić information content (AvgIpc) is 2.65. The standard InChI is InChI=1S/C16H14BrN5O5S/c1-3-26-12(23)8-19-14-13(22(24)25)15(21-16(20-14)28-2)27-11-5-9(7-18)4-10(17)6-11/h4-6H,3,8H2,1-2H3,(H,19,20,21). The lowest BCUT2D eigenvalue weighted by Crippen LogP contribution is -2.18. The number of anilines is 1. The summed E-state index contributed by atoms with van der Waals surface area (Å²) < 4.78 is 10.9. The summed E-state index contributed by atoms with van der Waals surface area (Å²) in [4.78, 5) is 30.6. The number of esters is 1. The van der Waals surface area contributed by atoms with Gasteiger partial charge in [-0.15, -0.1) is 0 Å². The molecule has 1 N–H and O–H groups in total. The number of nitro groups is 1. The zero-order valence-electron chi connectivity index (χ0n) is 14.8. The number of hydrogen-bond acceptors (Lipinski definition) is 10. The van der Waals surface area contributed by atoms with E-state index in [-0.39, 0.29) is 35.8 Å². The van der Waals surface area contributed by atoms with Gasteiger partial charge in [-0.25, -0.2) is 0 Å². The Bertz CT molecular complexity index is 950. The molecule has 1 aromatic carbocycles. The van der Waals surface area contributed by atoms with Crippen molar-refractivity contribution in [2.45, 2.75) is 12.1 Å². The van der Waals surface area contributed by atoms with Crippen molar-refractivity contribution in [3.05, 3.63) is 38.3 Å². The van der Waals surface area contributed by atoms with E-state index in [1.54, 1.807) is 19.2 Å². The van der Waals surface area contributed by atoms with Gasteiger partial charge in [0.2, 0.25) is 5.82 Å². The van der Waals surface area contributed by atoms with Gasteiger partial charge in [0.05, 0.1) is 23.2 Å². The fourth-order valence-electron chi connectivity index (χ4n) is 2.03. The zero-order valence-corrected chi connectivity index (χ0v) is 17.2. The molecule has 2 rings (SSSR count). The summed E-state index contributed by atoms with van der Waals surface area (Å²) in [5.41, 5.74) is -0.243. The Morgan fingerprint density at radius 2 is 2.18 bits per heavy atom. The van der Waals surface area contributed by atoms with Crippen LogP contribution in [0.4, 0.5) is 11.5 Å². The molecule has 10 nitrogen and oxygen atoms in total. The number of nitriles is 1. The maximum Gasteiger partial charge on any atom is 0.373 e. The first-order valence-corrected chi connectivity index (χ1v) is 9.78. The molecule has 0 amide bonds. The molecular formula is C16H14BrN5O5S. The van der Waals surface area contributed by atoms with Crippen molar-refractivity contribution in [2.24, 2.45) is 0 Å². The molecule has 28 heavy (non-hydrogen) atoms. The number of rotatable bonds is 8. The molecule has 0 aliphatic heterocycles. The normalized spacial score (nSPS) is 10.1. The van der Waals surface area contributed by atoms with Gasteiger partial charge in [-0.2, -0.15) is 15.2 Å². The van der Waals surface area contributed by atoms with Crippen LogP contribution in [0.25, 0.3) is 0 Å². The molecular weight excluding hydrogens is 454 g/mol. The Morgan fingerprint density at radius 3 is 2.79 bits per heavy atom. The second kappa shape index (κ2) is 9.86. The number of carbonyl (C=O) groups excluding carboxylic acids is 1.